The summed E-state index contributed by atoms with van der Waals surface area (Å²) in [6, 6.07) is -0.744. The molecule has 0 heterocycles. The van der Waals surface area contributed by atoms with E-state index in [4.69, 9.17) is 15.9 Å². The van der Waals surface area contributed by atoms with Gasteiger partial charge in [-0.25, -0.2) is 0 Å². The van der Waals surface area contributed by atoms with Crippen molar-refractivity contribution in [3.05, 3.63) is 0 Å². The maximum absolute atomic E-state index is 11.7. The number of hydrogen-bond acceptors (Lipinski definition) is 4. The largest absolute Gasteiger partial charge is 0.481 e. The van der Waals surface area contributed by atoms with Crippen LogP contribution in [0.1, 0.15) is 26.2 Å². The maximum Gasteiger partial charge on any atom is 0.307 e. The number of fused-ring (bicyclic) bond motifs is 1. The minimum atomic E-state index is -1.04. The second-order valence-electron chi connectivity index (χ2n) is 5.60. The fraction of sp³-hybridized carbons (Fsp3) is 0.750. The molecule has 0 radical (unpaired) electrons. The number of nitrogens with two attached hydrogens (primary N) is 1. The number of nitrogens with one attached hydrogen (secondary N) is 1. The van der Waals surface area contributed by atoms with Crippen LogP contribution in [0.2, 0.25) is 0 Å². The number of aliphatic carboxylic acids is 2. The van der Waals surface area contributed by atoms with Gasteiger partial charge in [-0.2, -0.15) is 0 Å². The SMILES string of the molecule is CC(N)C(=O)N[C@@]1(CC(=O)O)CC[C@H]2[C@H](C(=O)O)[C@H]21. The zero-order valence-electron chi connectivity index (χ0n) is 10.6. The van der Waals surface area contributed by atoms with Crippen LogP contribution in [0.15, 0.2) is 0 Å². The lowest BCUT2D eigenvalue weighted by Crippen LogP contribution is -2.55. The number of rotatable bonds is 5. The molecule has 0 bridgehead atoms. The van der Waals surface area contributed by atoms with E-state index in [1.165, 1.54) is 6.92 Å². The molecule has 0 aromatic heterocycles. The van der Waals surface area contributed by atoms with Crippen LogP contribution in [0.5, 0.6) is 0 Å². The molecular weight excluding hydrogens is 252 g/mol. The molecule has 7 nitrogen and oxygen atoms in total. The number of carboxylic acids is 2. The van der Waals surface area contributed by atoms with Crippen molar-refractivity contribution in [3.63, 3.8) is 0 Å². The number of carboxylic acid groups (broad SMARTS) is 2. The van der Waals surface area contributed by atoms with Gasteiger partial charge in [-0.15, -0.1) is 0 Å². The molecule has 5 N–H and O–H groups in total. The standard InChI is InChI=1S/C12H18N2O5/c1-5(13)10(17)14-12(4-7(15)16)3-2-6-8(9(6)12)11(18)19/h5-6,8-9H,2-4,13H2,1H3,(H,14,17)(H,15,16)(H,18,19)/t5?,6-,8-,9-,12+/m0/s1. The summed E-state index contributed by atoms with van der Waals surface area (Å²) in [5, 5.41) is 20.8. The van der Waals surface area contributed by atoms with Gasteiger partial charge in [0.2, 0.25) is 5.91 Å². The highest BCUT2D eigenvalue weighted by Gasteiger charge is 2.69. The predicted molar refractivity (Wildman–Crippen MR) is 64.1 cm³/mol. The number of amides is 1. The maximum atomic E-state index is 11.7. The Balaban J connectivity index is 2.19. The molecule has 2 aliphatic carbocycles. The van der Waals surface area contributed by atoms with E-state index in [9.17, 15) is 14.4 Å². The number of carbonyl (C=O) groups is 3. The lowest BCUT2D eigenvalue weighted by atomic mass is 9.86. The highest BCUT2D eigenvalue weighted by Crippen LogP contribution is 2.63. The van der Waals surface area contributed by atoms with Gasteiger partial charge in [-0.05, 0) is 31.6 Å². The Hall–Kier alpha value is -1.63. The van der Waals surface area contributed by atoms with Crippen LogP contribution < -0.4 is 11.1 Å². The highest BCUT2D eigenvalue weighted by molar-refractivity contribution is 5.84. The van der Waals surface area contributed by atoms with E-state index in [0.29, 0.717) is 12.8 Å². The molecule has 7 heteroatoms. The van der Waals surface area contributed by atoms with E-state index in [1.54, 1.807) is 0 Å². The summed E-state index contributed by atoms with van der Waals surface area (Å²) in [4.78, 5) is 33.9. The second kappa shape index (κ2) is 4.48. The Kier molecular flexibility index (Phi) is 3.25. The molecule has 0 aromatic carbocycles. The second-order valence-corrected chi connectivity index (χ2v) is 5.60. The third-order valence-corrected chi connectivity index (χ3v) is 4.27. The summed E-state index contributed by atoms with van der Waals surface area (Å²) in [6.07, 6.45) is 0.876. The van der Waals surface area contributed by atoms with Gasteiger partial charge in [0.25, 0.3) is 0 Å². The fourth-order valence-corrected chi connectivity index (χ4v) is 3.44. The topological polar surface area (TPSA) is 130 Å². The third-order valence-electron chi connectivity index (χ3n) is 4.27. The first-order valence-electron chi connectivity index (χ1n) is 6.31. The molecule has 0 aromatic rings. The van der Waals surface area contributed by atoms with Crippen LogP contribution in [-0.4, -0.2) is 39.6 Å². The summed E-state index contributed by atoms with van der Waals surface area (Å²) < 4.78 is 0. The molecule has 106 valence electrons. The zero-order chi connectivity index (χ0) is 14.4. The van der Waals surface area contributed by atoms with Crippen molar-refractivity contribution in [2.75, 3.05) is 0 Å². The molecule has 0 aliphatic heterocycles. The highest BCUT2D eigenvalue weighted by atomic mass is 16.4. The monoisotopic (exact) mass is 270 g/mol. The Morgan fingerprint density at radius 3 is 2.47 bits per heavy atom. The van der Waals surface area contributed by atoms with E-state index in [-0.39, 0.29) is 18.3 Å². The molecule has 1 unspecified atom stereocenters. The summed E-state index contributed by atoms with van der Waals surface area (Å²) in [7, 11) is 0. The first-order valence-corrected chi connectivity index (χ1v) is 6.31. The van der Waals surface area contributed by atoms with E-state index in [2.05, 4.69) is 5.32 Å². The molecule has 5 atom stereocenters. The van der Waals surface area contributed by atoms with Gasteiger partial charge in [0.15, 0.2) is 0 Å². The Morgan fingerprint density at radius 1 is 1.42 bits per heavy atom. The summed E-state index contributed by atoms with van der Waals surface area (Å²) in [5.41, 5.74) is 4.53. The van der Waals surface area contributed by atoms with Crippen LogP contribution in [0.25, 0.3) is 0 Å². The molecule has 0 saturated heterocycles. The molecule has 2 saturated carbocycles. The first kappa shape index (κ1) is 13.8. The van der Waals surface area contributed by atoms with Crippen molar-refractivity contribution in [1.29, 1.82) is 0 Å². The molecule has 2 fully saturated rings. The lowest BCUT2D eigenvalue weighted by molar-refractivity contribution is -0.143. The molecule has 19 heavy (non-hydrogen) atoms. The van der Waals surface area contributed by atoms with Crippen molar-refractivity contribution in [3.8, 4) is 0 Å². The van der Waals surface area contributed by atoms with Gasteiger partial charge in [0, 0.05) is 0 Å². The zero-order valence-corrected chi connectivity index (χ0v) is 10.6. The quantitative estimate of drug-likeness (QED) is 0.528. The van der Waals surface area contributed by atoms with Gasteiger partial charge >= 0.3 is 11.9 Å². The van der Waals surface area contributed by atoms with Crippen molar-refractivity contribution in [2.45, 2.75) is 37.8 Å². The average molecular weight is 270 g/mol. The summed E-state index contributed by atoms with van der Waals surface area (Å²) in [5.74, 6) is -3.24. The van der Waals surface area contributed by atoms with Gasteiger partial charge < -0.3 is 21.3 Å². The van der Waals surface area contributed by atoms with Crippen molar-refractivity contribution >= 4 is 17.8 Å². The normalized spacial score (nSPS) is 37.3. The lowest BCUT2D eigenvalue weighted by Gasteiger charge is -2.32. The third kappa shape index (κ3) is 2.30. The van der Waals surface area contributed by atoms with E-state index in [1.807, 2.05) is 0 Å². The Morgan fingerprint density at radius 2 is 2.05 bits per heavy atom. The summed E-state index contributed by atoms with van der Waals surface area (Å²) >= 11 is 0. The van der Waals surface area contributed by atoms with Crippen LogP contribution in [0.3, 0.4) is 0 Å². The van der Waals surface area contributed by atoms with Crippen LogP contribution in [-0.2, 0) is 14.4 Å². The molecule has 2 aliphatic rings. The Bertz CT molecular complexity index is 436. The predicted octanol–water partition coefficient (Wildman–Crippen LogP) is -0.596. The number of hydrogen-bond donors (Lipinski definition) is 4. The van der Waals surface area contributed by atoms with Gasteiger partial charge in [0.05, 0.1) is 23.9 Å². The molecule has 1 amide bonds. The minimum Gasteiger partial charge on any atom is -0.481 e. The van der Waals surface area contributed by atoms with Gasteiger partial charge in [-0.1, -0.05) is 0 Å². The van der Waals surface area contributed by atoms with Crippen molar-refractivity contribution in [2.24, 2.45) is 23.5 Å². The average Bonchev–Trinajstić information content (AvgIpc) is 2.91. The number of carbonyl (C=O) groups excluding carboxylic acids is 1. The van der Waals surface area contributed by atoms with Crippen molar-refractivity contribution in [1.82, 2.24) is 5.32 Å². The molecular formula is C12H18N2O5. The Labute approximate surface area is 110 Å². The van der Waals surface area contributed by atoms with E-state index in [0.717, 1.165) is 0 Å². The van der Waals surface area contributed by atoms with Crippen LogP contribution in [0, 0.1) is 17.8 Å². The van der Waals surface area contributed by atoms with Crippen LogP contribution in [0.4, 0.5) is 0 Å². The van der Waals surface area contributed by atoms with Crippen LogP contribution >= 0.6 is 0 Å². The smallest absolute Gasteiger partial charge is 0.307 e. The van der Waals surface area contributed by atoms with Gasteiger partial charge in [0.1, 0.15) is 0 Å². The summed E-state index contributed by atoms with van der Waals surface area (Å²) in [6.45, 7) is 1.51. The molecule has 0 spiro atoms. The van der Waals surface area contributed by atoms with E-state index >= 15 is 0 Å². The van der Waals surface area contributed by atoms with Gasteiger partial charge in [-0.3, -0.25) is 14.4 Å². The molecule has 2 rings (SSSR count). The first-order chi connectivity index (χ1) is 8.78. The minimum absolute atomic E-state index is 0.0229. The van der Waals surface area contributed by atoms with Crippen molar-refractivity contribution < 1.29 is 24.6 Å². The van der Waals surface area contributed by atoms with E-state index < -0.39 is 35.3 Å². The fourth-order valence-electron chi connectivity index (χ4n) is 3.44.